The van der Waals surface area contributed by atoms with Crippen LogP contribution in [0, 0.1) is 0 Å². The van der Waals surface area contributed by atoms with Crippen LogP contribution < -0.4 is 15.0 Å². The standard InChI is InChI=1S/C28H25N3O5S/c32-26(29-21-9-11-22(12-10-21)30-13-15-35-16-14-30)19-31-27(33)25(37-28(31)34)18-20-5-4-8-24(17-20)36-23-6-2-1-3-7-23/h1-12,17-18H,13-16,19H2,(H,29,32)/b25-18+. The van der Waals surface area contributed by atoms with E-state index in [9.17, 15) is 14.4 Å². The van der Waals surface area contributed by atoms with Crippen LogP contribution in [-0.2, 0) is 14.3 Å². The lowest BCUT2D eigenvalue weighted by molar-refractivity contribution is -0.127. The lowest BCUT2D eigenvalue weighted by Crippen LogP contribution is -2.36. The van der Waals surface area contributed by atoms with E-state index in [1.165, 1.54) is 0 Å². The predicted octanol–water partition coefficient (Wildman–Crippen LogP) is 4.99. The third-order valence-corrected chi connectivity index (χ3v) is 6.74. The Morgan fingerprint density at radius 1 is 0.946 bits per heavy atom. The van der Waals surface area contributed by atoms with E-state index in [2.05, 4.69) is 10.2 Å². The summed E-state index contributed by atoms with van der Waals surface area (Å²) in [7, 11) is 0. The van der Waals surface area contributed by atoms with Crippen LogP contribution in [0.25, 0.3) is 6.08 Å². The number of nitrogens with one attached hydrogen (secondary N) is 1. The van der Waals surface area contributed by atoms with E-state index in [0.717, 1.165) is 35.4 Å². The number of ether oxygens (including phenoxy) is 2. The Hall–Kier alpha value is -4.08. The normalized spacial score (nSPS) is 16.8. The van der Waals surface area contributed by atoms with E-state index in [0.29, 0.717) is 36.0 Å². The van der Waals surface area contributed by atoms with Crippen LogP contribution in [0.4, 0.5) is 16.2 Å². The third-order valence-electron chi connectivity index (χ3n) is 5.84. The van der Waals surface area contributed by atoms with E-state index < -0.39 is 17.1 Å². The van der Waals surface area contributed by atoms with Crippen molar-refractivity contribution in [1.82, 2.24) is 4.90 Å². The monoisotopic (exact) mass is 515 g/mol. The topological polar surface area (TPSA) is 88.2 Å². The number of benzene rings is 3. The average Bonchev–Trinajstić information content (AvgIpc) is 3.17. The molecule has 5 rings (SSSR count). The molecule has 0 atom stereocenters. The first-order valence-corrected chi connectivity index (χ1v) is 12.7. The Balaban J connectivity index is 1.20. The Morgan fingerprint density at radius 3 is 2.43 bits per heavy atom. The molecule has 2 saturated heterocycles. The molecule has 3 aromatic rings. The van der Waals surface area contributed by atoms with Crippen LogP contribution in [0.15, 0.2) is 83.8 Å². The van der Waals surface area contributed by atoms with Gasteiger partial charge in [0.15, 0.2) is 0 Å². The molecule has 0 bridgehead atoms. The lowest BCUT2D eigenvalue weighted by Gasteiger charge is -2.28. The molecule has 0 saturated carbocycles. The van der Waals surface area contributed by atoms with E-state index in [1.807, 2.05) is 60.7 Å². The van der Waals surface area contributed by atoms with Gasteiger partial charge < -0.3 is 19.7 Å². The Kier molecular flexibility index (Phi) is 7.53. The summed E-state index contributed by atoms with van der Waals surface area (Å²) >= 11 is 0.815. The van der Waals surface area contributed by atoms with E-state index in [-0.39, 0.29) is 11.4 Å². The minimum Gasteiger partial charge on any atom is -0.457 e. The first kappa shape index (κ1) is 24.6. The SMILES string of the molecule is O=C(CN1C(=O)S/C(=C/c2cccc(Oc3ccccc3)c2)C1=O)Nc1ccc(N2CCOCC2)cc1. The molecule has 3 amide bonds. The Morgan fingerprint density at radius 2 is 1.68 bits per heavy atom. The van der Waals surface area contributed by atoms with Crippen molar-refractivity contribution in [1.29, 1.82) is 0 Å². The summed E-state index contributed by atoms with van der Waals surface area (Å²) in [6.07, 6.45) is 1.63. The maximum absolute atomic E-state index is 12.9. The van der Waals surface area contributed by atoms with Crippen molar-refractivity contribution in [2.45, 2.75) is 0 Å². The smallest absolute Gasteiger partial charge is 0.294 e. The number of amides is 3. The highest BCUT2D eigenvalue weighted by atomic mass is 32.2. The molecule has 0 radical (unpaired) electrons. The third kappa shape index (κ3) is 6.19. The molecular weight excluding hydrogens is 490 g/mol. The van der Waals surface area contributed by atoms with Crippen LogP contribution in [0.2, 0.25) is 0 Å². The summed E-state index contributed by atoms with van der Waals surface area (Å²) in [4.78, 5) is 41.4. The number of para-hydroxylation sites is 1. The summed E-state index contributed by atoms with van der Waals surface area (Å²) < 4.78 is 11.2. The van der Waals surface area contributed by atoms with Gasteiger partial charge in [0.1, 0.15) is 18.0 Å². The van der Waals surface area contributed by atoms with Crippen molar-refractivity contribution in [3.63, 3.8) is 0 Å². The fourth-order valence-corrected chi connectivity index (χ4v) is 4.84. The number of carbonyl (C=O) groups excluding carboxylic acids is 3. The van der Waals surface area contributed by atoms with Crippen molar-refractivity contribution in [2.75, 3.05) is 43.1 Å². The average molecular weight is 516 g/mol. The molecule has 2 heterocycles. The minimum atomic E-state index is -0.498. The second kappa shape index (κ2) is 11.3. The van der Waals surface area contributed by atoms with E-state index >= 15 is 0 Å². The number of carbonyl (C=O) groups is 3. The van der Waals surface area contributed by atoms with E-state index in [1.54, 1.807) is 24.3 Å². The first-order chi connectivity index (χ1) is 18.0. The molecule has 0 spiro atoms. The molecule has 2 aliphatic heterocycles. The molecule has 0 aromatic heterocycles. The lowest BCUT2D eigenvalue weighted by atomic mass is 10.2. The molecule has 0 aliphatic carbocycles. The molecule has 2 aliphatic rings. The predicted molar refractivity (Wildman–Crippen MR) is 144 cm³/mol. The van der Waals surface area contributed by atoms with Gasteiger partial charge in [0.2, 0.25) is 5.91 Å². The molecular formula is C28H25N3O5S. The second-order valence-electron chi connectivity index (χ2n) is 8.45. The van der Waals surface area contributed by atoms with Crippen LogP contribution in [-0.4, -0.2) is 54.8 Å². The molecule has 0 unspecified atom stereocenters. The number of morpholine rings is 1. The van der Waals surface area contributed by atoms with E-state index in [4.69, 9.17) is 9.47 Å². The van der Waals surface area contributed by atoms with Gasteiger partial charge in [0, 0.05) is 24.5 Å². The Bertz CT molecular complexity index is 1320. The quantitative estimate of drug-likeness (QED) is 0.444. The summed E-state index contributed by atoms with van der Waals surface area (Å²) in [5.74, 6) is 0.364. The fraction of sp³-hybridized carbons (Fsp3) is 0.179. The number of thioether (sulfide) groups is 1. The van der Waals surface area contributed by atoms with Crippen molar-refractivity contribution in [3.05, 3.63) is 89.3 Å². The maximum Gasteiger partial charge on any atom is 0.294 e. The molecule has 1 N–H and O–H groups in total. The first-order valence-electron chi connectivity index (χ1n) is 11.9. The summed E-state index contributed by atoms with van der Waals surface area (Å²) in [5, 5.41) is 2.28. The Labute approximate surface area is 218 Å². The number of hydrogen-bond donors (Lipinski definition) is 1. The van der Waals surface area contributed by atoms with Gasteiger partial charge >= 0.3 is 0 Å². The zero-order chi connectivity index (χ0) is 25.6. The number of rotatable bonds is 7. The second-order valence-corrected chi connectivity index (χ2v) is 9.44. The van der Waals surface area contributed by atoms with Gasteiger partial charge in [0.05, 0.1) is 18.1 Å². The zero-order valence-corrected chi connectivity index (χ0v) is 20.8. The van der Waals surface area contributed by atoms with Crippen molar-refractivity contribution in [3.8, 4) is 11.5 Å². The highest BCUT2D eigenvalue weighted by molar-refractivity contribution is 8.18. The number of anilines is 2. The van der Waals surface area contributed by atoms with Gasteiger partial charge in [-0.15, -0.1) is 0 Å². The summed E-state index contributed by atoms with van der Waals surface area (Å²) in [5.41, 5.74) is 2.36. The number of nitrogens with zero attached hydrogens (tertiary/aromatic N) is 2. The largest absolute Gasteiger partial charge is 0.457 e. The van der Waals surface area contributed by atoms with Crippen LogP contribution in [0.1, 0.15) is 5.56 Å². The molecule has 37 heavy (non-hydrogen) atoms. The van der Waals surface area contributed by atoms with Gasteiger partial charge in [-0.25, -0.2) is 0 Å². The maximum atomic E-state index is 12.9. The van der Waals surface area contributed by atoms with Gasteiger partial charge in [-0.2, -0.15) is 0 Å². The van der Waals surface area contributed by atoms with Crippen LogP contribution >= 0.6 is 11.8 Å². The number of imide groups is 1. The van der Waals surface area contributed by atoms with Crippen molar-refractivity contribution < 1.29 is 23.9 Å². The van der Waals surface area contributed by atoms with Crippen LogP contribution in [0.5, 0.6) is 11.5 Å². The molecule has 9 heteroatoms. The van der Waals surface area contributed by atoms with Crippen molar-refractivity contribution >= 4 is 46.3 Å². The molecule has 8 nitrogen and oxygen atoms in total. The molecule has 3 aromatic carbocycles. The van der Waals surface area contributed by atoms with Gasteiger partial charge in [-0.1, -0.05) is 30.3 Å². The fourth-order valence-electron chi connectivity index (χ4n) is 4.00. The van der Waals surface area contributed by atoms with Crippen LogP contribution in [0.3, 0.4) is 0 Å². The van der Waals surface area contributed by atoms with Crippen molar-refractivity contribution in [2.24, 2.45) is 0 Å². The molecule has 2 fully saturated rings. The highest BCUT2D eigenvalue weighted by Crippen LogP contribution is 2.33. The minimum absolute atomic E-state index is 0.254. The molecule has 188 valence electrons. The zero-order valence-electron chi connectivity index (χ0n) is 20.0. The number of hydrogen-bond acceptors (Lipinski definition) is 7. The van der Waals surface area contributed by atoms with Gasteiger partial charge in [0.25, 0.3) is 11.1 Å². The summed E-state index contributed by atoms with van der Waals surface area (Å²) in [6.45, 7) is 2.67. The van der Waals surface area contributed by atoms with Gasteiger partial charge in [-0.3, -0.25) is 19.3 Å². The van der Waals surface area contributed by atoms with Gasteiger partial charge in [-0.05, 0) is 71.9 Å². The summed E-state index contributed by atoms with van der Waals surface area (Å²) in [6, 6.07) is 24.1. The highest BCUT2D eigenvalue weighted by Gasteiger charge is 2.36.